The summed E-state index contributed by atoms with van der Waals surface area (Å²) in [5.74, 6) is 0.845. The Morgan fingerprint density at radius 1 is 1.10 bits per heavy atom. The fourth-order valence-electron chi connectivity index (χ4n) is 4.92. The van der Waals surface area contributed by atoms with Crippen molar-refractivity contribution >= 4 is 22.9 Å². The van der Waals surface area contributed by atoms with E-state index >= 15 is 0 Å². The van der Waals surface area contributed by atoms with Crippen molar-refractivity contribution in [2.45, 2.75) is 45.3 Å². The molecule has 0 radical (unpaired) electrons. The number of imidazole rings is 1. The van der Waals surface area contributed by atoms with Crippen LogP contribution in [0.1, 0.15) is 38.3 Å². The smallest absolute Gasteiger partial charge is 0.229 e. The van der Waals surface area contributed by atoms with E-state index in [2.05, 4.69) is 55.8 Å². The van der Waals surface area contributed by atoms with Crippen molar-refractivity contribution in [2.75, 3.05) is 23.3 Å². The van der Waals surface area contributed by atoms with Crippen LogP contribution in [0.15, 0.2) is 61.3 Å². The molecule has 5 aromatic rings. The van der Waals surface area contributed by atoms with Crippen LogP contribution in [-0.2, 0) is 6.54 Å². The van der Waals surface area contributed by atoms with Crippen molar-refractivity contribution in [2.24, 2.45) is 5.73 Å². The Kier molecular flexibility index (Phi) is 6.65. The van der Waals surface area contributed by atoms with E-state index in [1.165, 1.54) is 12.3 Å². The van der Waals surface area contributed by atoms with E-state index in [1.54, 1.807) is 16.9 Å². The van der Waals surface area contributed by atoms with E-state index in [-0.39, 0.29) is 12.1 Å². The topological polar surface area (TPSA) is 116 Å². The van der Waals surface area contributed by atoms with Gasteiger partial charge in [0.1, 0.15) is 0 Å². The van der Waals surface area contributed by atoms with Crippen LogP contribution >= 0.6 is 0 Å². The number of halogens is 1. The van der Waals surface area contributed by atoms with Crippen LogP contribution in [0.5, 0.6) is 0 Å². The minimum atomic E-state index is -0.544. The first-order valence-electron chi connectivity index (χ1n) is 13.2. The third kappa shape index (κ3) is 5.05. The van der Waals surface area contributed by atoms with Gasteiger partial charge in [0.15, 0.2) is 17.0 Å². The van der Waals surface area contributed by atoms with Crippen LogP contribution in [0.4, 0.5) is 16.2 Å². The molecule has 1 fully saturated rings. The monoisotopic (exact) mass is 526 g/mol. The number of nitrogens with one attached hydrogen (secondary N) is 1. The summed E-state index contributed by atoms with van der Waals surface area (Å²) in [6.07, 6.45) is 8.76. The van der Waals surface area contributed by atoms with Gasteiger partial charge in [-0.05, 0) is 43.9 Å². The third-order valence-corrected chi connectivity index (χ3v) is 7.12. The molecule has 1 aromatic carbocycles. The van der Waals surface area contributed by atoms with Gasteiger partial charge < -0.3 is 20.5 Å². The largest absolute Gasteiger partial charge is 0.364 e. The summed E-state index contributed by atoms with van der Waals surface area (Å²) in [6, 6.07) is 11.6. The highest BCUT2D eigenvalue weighted by molar-refractivity contribution is 5.84. The lowest BCUT2D eigenvalue weighted by Crippen LogP contribution is -2.40. The quantitative estimate of drug-likeness (QED) is 0.301. The molecule has 39 heavy (non-hydrogen) atoms. The molecule has 200 valence electrons. The number of hydrogen-bond acceptors (Lipinski definition) is 8. The molecule has 0 bridgehead atoms. The van der Waals surface area contributed by atoms with Gasteiger partial charge in [-0.3, -0.25) is 0 Å². The zero-order chi connectivity index (χ0) is 26.9. The van der Waals surface area contributed by atoms with Crippen molar-refractivity contribution in [3.63, 3.8) is 0 Å². The highest BCUT2D eigenvalue weighted by atomic mass is 19.1. The minimum Gasteiger partial charge on any atom is -0.364 e. The molecule has 11 heteroatoms. The second-order valence-electron chi connectivity index (χ2n) is 10.1. The summed E-state index contributed by atoms with van der Waals surface area (Å²) >= 11 is 0. The Bertz CT molecular complexity index is 1600. The fourth-order valence-corrected chi connectivity index (χ4v) is 4.92. The molecule has 0 unspecified atom stereocenters. The normalized spacial score (nSPS) is 14.4. The molecule has 0 atom stereocenters. The predicted molar refractivity (Wildman–Crippen MR) is 149 cm³/mol. The summed E-state index contributed by atoms with van der Waals surface area (Å²) < 4.78 is 17.4. The van der Waals surface area contributed by atoms with Gasteiger partial charge >= 0.3 is 0 Å². The van der Waals surface area contributed by atoms with Crippen molar-refractivity contribution in [1.29, 1.82) is 0 Å². The third-order valence-electron chi connectivity index (χ3n) is 7.12. The van der Waals surface area contributed by atoms with Crippen LogP contribution < -0.4 is 16.0 Å². The first-order valence-corrected chi connectivity index (χ1v) is 13.2. The van der Waals surface area contributed by atoms with Gasteiger partial charge in [0.2, 0.25) is 11.9 Å². The van der Waals surface area contributed by atoms with Crippen LogP contribution in [-0.4, -0.2) is 53.4 Å². The van der Waals surface area contributed by atoms with Crippen LogP contribution in [0.3, 0.4) is 0 Å². The first-order chi connectivity index (χ1) is 19.0. The van der Waals surface area contributed by atoms with E-state index in [0.717, 1.165) is 53.8 Å². The molecule has 10 nitrogen and oxygen atoms in total. The van der Waals surface area contributed by atoms with Crippen molar-refractivity contribution in [1.82, 2.24) is 34.3 Å². The SMILES string of the molecule is CC(C)n1cnc2c(NCc3ccccc3-c3cnn(-c4ccnc(F)c4)c3)nc(N3CCC(N)CC3)nc21. The maximum atomic E-state index is 13.6. The van der Waals surface area contributed by atoms with Gasteiger partial charge in [-0.2, -0.15) is 19.5 Å². The van der Waals surface area contributed by atoms with Crippen LogP contribution in [0.25, 0.3) is 28.0 Å². The molecule has 3 N–H and O–H groups in total. The number of aromatic nitrogens is 7. The Hall–Kier alpha value is -4.38. The Balaban J connectivity index is 1.31. The van der Waals surface area contributed by atoms with Gasteiger partial charge in [-0.15, -0.1) is 0 Å². The molecule has 1 aliphatic heterocycles. The predicted octanol–water partition coefficient (Wildman–Crippen LogP) is 4.33. The lowest BCUT2D eigenvalue weighted by molar-refractivity contribution is 0.495. The summed E-state index contributed by atoms with van der Waals surface area (Å²) in [5, 5.41) is 7.98. The Morgan fingerprint density at radius 2 is 1.92 bits per heavy atom. The standard InChI is InChI=1S/C28H31FN10/c1-18(2)38-17-33-25-26(35-28(36-27(25)38)37-11-8-21(30)9-12-37)32-14-19-5-3-4-6-23(19)20-15-34-39(16-20)22-7-10-31-24(29)13-22/h3-7,10,13,15-18,21H,8-9,11-12,14,30H2,1-2H3,(H,32,35,36). The zero-order valence-corrected chi connectivity index (χ0v) is 22.0. The minimum absolute atomic E-state index is 0.214. The summed E-state index contributed by atoms with van der Waals surface area (Å²) in [5.41, 5.74) is 11.3. The van der Waals surface area contributed by atoms with Crippen molar-refractivity contribution in [3.05, 3.63) is 72.8 Å². The second kappa shape index (κ2) is 10.4. The van der Waals surface area contributed by atoms with Gasteiger partial charge in [0, 0.05) is 55.7 Å². The van der Waals surface area contributed by atoms with Gasteiger partial charge in [0.25, 0.3) is 0 Å². The fraction of sp³-hybridized carbons (Fsp3) is 0.321. The van der Waals surface area contributed by atoms with E-state index in [9.17, 15) is 4.39 Å². The molecular weight excluding hydrogens is 495 g/mol. The Morgan fingerprint density at radius 3 is 2.72 bits per heavy atom. The van der Waals surface area contributed by atoms with E-state index in [4.69, 9.17) is 15.7 Å². The van der Waals surface area contributed by atoms with E-state index in [0.29, 0.717) is 24.0 Å². The molecule has 1 aliphatic rings. The number of fused-ring (bicyclic) bond motifs is 1. The number of hydrogen-bond donors (Lipinski definition) is 2. The summed E-state index contributed by atoms with van der Waals surface area (Å²) in [6.45, 7) is 6.42. The molecule has 6 rings (SSSR count). The molecule has 0 aliphatic carbocycles. The molecule has 0 amide bonds. The molecule has 0 saturated carbocycles. The number of benzene rings is 1. The molecule has 0 spiro atoms. The Labute approximate surface area is 225 Å². The van der Waals surface area contributed by atoms with Gasteiger partial charge in [0.05, 0.1) is 18.2 Å². The van der Waals surface area contributed by atoms with Gasteiger partial charge in [-0.1, -0.05) is 24.3 Å². The van der Waals surface area contributed by atoms with Crippen LogP contribution in [0, 0.1) is 5.95 Å². The highest BCUT2D eigenvalue weighted by Gasteiger charge is 2.22. The van der Waals surface area contributed by atoms with Gasteiger partial charge in [-0.25, -0.2) is 14.6 Å². The first kappa shape index (κ1) is 24.9. The van der Waals surface area contributed by atoms with Crippen molar-refractivity contribution < 1.29 is 4.39 Å². The summed E-state index contributed by atoms with van der Waals surface area (Å²) in [4.78, 5) is 20.3. The molecule has 1 saturated heterocycles. The highest BCUT2D eigenvalue weighted by Crippen LogP contribution is 2.29. The number of nitrogens with zero attached hydrogens (tertiary/aromatic N) is 8. The number of piperidine rings is 1. The molecule has 5 heterocycles. The molecule has 4 aromatic heterocycles. The lowest BCUT2D eigenvalue weighted by atomic mass is 10.0. The van der Waals surface area contributed by atoms with Crippen LogP contribution in [0.2, 0.25) is 0 Å². The maximum Gasteiger partial charge on any atom is 0.229 e. The van der Waals surface area contributed by atoms with E-state index < -0.39 is 5.95 Å². The number of anilines is 2. The number of pyridine rings is 1. The maximum absolute atomic E-state index is 13.6. The van der Waals surface area contributed by atoms with Crippen molar-refractivity contribution in [3.8, 4) is 16.8 Å². The second-order valence-corrected chi connectivity index (χ2v) is 10.1. The lowest BCUT2D eigenvalue weighted by Gasteiger charge is -2.30. The average Bonchev–Trinajstić information content (AvgIpc) is 3.60. The zero-order valence-electron chi connectivity index (χ0n) is 22.0. The van der Waals surface area contributed by atoms with E-state index in [1.807, 2.05) is 24.7 Å². The number of rotatable bonds is 7. The average molecular weight is 527 g/mol. The number of nitrogens with two attached hydrogens (primary N) is 1. The summed E-state index contributed by atoms with van der Waals surface area (Å²) in [7, 11) is 0. The molecular formula is C28H31FN10.